The molecule has 2 atom stereocenters. The number of hydrogen-bond acceptors (Lipinski definition) is 4. The fourth-order valence-corrected chi connectivity index (χ4v) is 2.99. The van der Waals surface area contributed by atoms with Crippen molar-refractivity contribution in [3.8, 4) is 0 Å². The number of nitrogens with one attached hydrogen (secondary N) is 2. The zero-order chi connectivity index (χ0) is 22.1. The molecule has 7 nitrogen and oxygen atoms in total. The lowest BCUT2D eigenvalue weighted by Gasteiger charge is -2.24. The number of benzene rings is 2. The highest BCUT2D eigenvalue weighted by atomic mass is 35.5. The van der Waals surface area contributed by atoms with Crippen LogP contribution in [0.1, 0.15) is 25.0 Å². The molecule has 0 radical (unpaired) electrons. The van der Waals surface area contributed by atoms with Crippen LogP contribution in [-0.4, -0.2) is 35.2 Å². The number of halogens is 1. The predicted molar refractivity (Wildman–Crippen MR) is 113 cm³/mol. The van der Waals surface area contributed by atoms with Gasteiger partial charge in [0.05, 0.1) is 0 Å². The zero-order valence-electron chi connectivity index (χ0n) is 16.8. The van der Waals surface area contributed by atoms with Crippen LogP contribution in [-0.2, 0) is 27.4 Å². The molecular formula is C22H25ClN2O5. The van der Waals surface area contributed by atoms with Gasteiger partial charge in [0.2, 0.25) is 5.91 Å². The zero-order valence-corrected chi connectivity index (χ0v) is 17.6. The van der Waals surface area contributed by atoms with E-state index in [4.69, 9.17) is 16.3 Å². The molecule has 2 rings (SSSR count). The third-order valence-electron chi connectivity index (χ3n) is 4.43. The van der Waals surface area contributed by atoms with Crippen LogP contribution in [0.2, 0.25) is 5.02 Å². The SMILES string of the molecule is CC(C)[C@@H](NC(=O)OCc1ccccc1)C(=O)N[C@@H](Cc1ccccc1Cl)C(=O)O. The fourth-order valence-electron chi connectivity index (χ4n) is 2.77. The minimum absolute atomic E-state index is 0.0179. The number of alkyl carbamates (subject to hydrolysis) is 1. The van der Waals surface area contributed by atoms with E-state index in [1.807, 2.05) is 30.3 Å². The van der Waals surface area contributed by atoms with Crippen LogP contribution < -0.4 is 10.6 Å². The van der Waals surface area contributed by atoms with Gasteiger partial charge in [-0.15, -0.1) is 0 Å². The molecule has 2 aromatic rings. The number of aliphatic carboxylic acids is 1. The molecule has 0 spiro atoms. The quantitative estimate of drug-likeness (QED) is 0.563. The normalized spacial score (nSPS) is 12.7. The summed E-state index contributed by atoms with van der Waals surface area (Å²) in [5.74, 6) is -2.09. The van der Waals surface area contributed by atoms with Crippen LogP contribution in [0, 0.1) is 5.92 Å². The van der Waals surface area contributed by atoms with E-state index in [0.717, 1.165) is 5.56 Å². The second kappa shape index (κ2) is 11.2. The van der Waals surface area contributed by atoms with Gasteiger partial charge < -0.3 is 20.5 Å². The minimum atomic E-state index is -1.20. The van der Waals surface area contributed by atoms with Gasteiger partial charge in [0, 0.05) is 11.4 Å². The molecule has 0 fully saturated rings. The number of amides is 2. The molecule has 0 heterocycles. The van der Waals surface area contributed by atoms with Crippen molar-refractivity contribution in [1.82, 2.24) is 10.6 Å². The average Bonchev–Trinajstić information content (AvgIpc) is 2.71. The Labute approximate surface area is 180 Å². The van der Waals surface area contributed by atoms with Gasteiger partial charge in [0.15, 0.2) is 0 Å². The van der Waals surface area contributed by atoms with Crippen LogP contribution in [0.3, 0.4) is 0 Å². The molecule has 0 unspecified atom stereocenters. The van der Waals surface area contributed by atoms with Gasteiger partial charge in [-0.25, -0.2) is 9.59 Å². The summed E-state index contributed by atoms with van der Waals surface area (Å²) in [4.78, 5) is 36.5. The second-order valence-electron chi connectivity index (χ2n) is 7.12. The van der Waals surface area contributed by atoms with Crippen molar-refractivity contribution in [2.75, 3.05) is 0 Å². The molecule has 2 aromatic carbocycles. The van der Waals surface area contributed by atoms with E-state index >= 15 is 0 Å². The molecular weight excluding hydrogens is 408 g/mol. The molecule has 0 aliphatic rings. The van der Waals surface area contributed by atoms with Crippen molar-refractivity contribution in [1.29, 1.82) is 0 Å². The van der Waals surface area contributed by atoms with Gasteiger partial charge in [0.1, 0.15) is 18.7 Å². The van der Waals surface area contributed by atoms with Crippen molar-refractivity contribution < 1.29 is 24.2 Å². The van der Waals surface area contributed by atoms with Gasteiger partial charge in [-0.05, 0) is 23.1 Å². The minimum Gasteiger partial charge on any atom is -0.480 e. The fraction of sp³-hybridized carbons (Fsp3) is 0.318. The van der Waals surface area contributed by atoms with E-state index in [2.05, 4.69) is 10.6 Å². The third kappa shape index (κ3) is 7.08. The molecule has 8 heteroatoms. The van der Waals surface area contributed by atoms with Crippen LogP contribution in [0.25, 0.3) is 0 Å². The molecule has 0 bridgehead atoms. The molecule has 0 saturated carbocycles. The second-order valence-corrected chi connectivity index (χ2v) is 7.53. The number of hydrogen-bond donors (Lipinski definition) is 3. The van der Waals surface area contributed by atoms with Gasteiger partial charge in [-0.3, -0.25) is 4.79 Å². The van der Waals surface area contributed by atoms with E-state index < -0.39 is 30.1 Å². The van der Waals surface area contributed by atoms with E-state index in [1.165, 1.54) is 0 Å². The first kappa shape index (κ1) is 23.2. The Balaban J connectivity index is 1.99. The highest BCUT2D eigenvalue weighted by molar-refractivity contribution is 6.31. The number of rotatable bonds is 9. The molecule has 0 aliphatic heterocycles. The number of ether oxygens (including phenoxy) is 1. The summed E-state index contributed by atoms with van der Waals surface area (Å²) in [6.45, 7) is 3.54. The first-order valence-corrected chi connectivity index (χ1v) is 9.89. The lowest BCUT2D eigenvalue weighted by atomic mass is 10.0. The summed E-state index contributed by atoms with van der Waals surface area (Å²) >= 11 is 6.10. The lowest BCUT2D eigenvalue weighted by Crippen LogP contribution is -2.54. The first-order chi connectivity index (χ1) is 14.3. The first-order valence-electron chi connectivity index (χ1n) is 9.51. The van der Waals surface area contributed by atoms with Gasteiger partial charge in [0.25, 0.3) is 0 Å². The molecule has 0 aliphatic carbocycles. The van der Waals surface area contributed by atoms with Crippen molar-refractivity contribution in [3.05, 3.63) is 70.7 Å². The maximum absolute atomic E-state index is 12.7. The Morgan fingerprint density at radius 1 is 1.00 bits per heavy atom. The molecule has 0 saturated heterocycles. The highest BCUT2D eigenvalue weighted by Gasteiger charge is 2.29. The van der Waals surface area contributed by atoms with Crippen molar-refractivity contribution in [2.24, 2.45) is 5.92 Å². The molecule has 3 N–H and O–H groups in total. The Kier molecular flexibility index (Phi) is 8.68. The van der Waals surface area contributed by atoms with Crippen molar-refractivity contribution in [2.45, 2.75) is 39.0 Å². The summed E-state index contributed by atoms with van der Waals surface area (Å²) in [6.07, 6.45) is -0.741. The number of carbonyl (C=O) groups is 3. The topological polar surface area (TPSA) is 105 Å². The Morgan fingerprint density at radius 3 is 2.23 bits per heavy atom. The summed E-state index contributed by atoms with van der Waals surface area (Å²) in [5, 5.41) is 14.9. The largest absolute Gasteiger partial charge is 0.480 e. The van der Waals surface area contributed by atoms with Crippen LogP contribution in [0.15, 0.2) is 54.6 Å². The van der Waals surface area contributed by atoms with Crippen molar-refractivity contribution >= 4 is 29.6 Å². The number of carbonyl (C=O) groups excluding carboxylic acids is 2. The Hall–Kier alpha value is -3.06. The number of carboxylic acid groups (broad SMARTS) is 1. The number of carboxylic acids is 1. The van der Waals surface area contributed by atoms with E-state index in [0.29, 0.717) is 10.6 Å². The summed E-state index contributed by atoms with van der Waals surface area (Å²) in [6, 6.07) is 13.8. The smallest absolute Gasteiger partial charge is 0.408 e. The van der Waals surface area contributed by atoms with Crippen molar-refractivity contribution in [3.63, 3.8) is 0 Å². The maximum atomic E-state index is 12.7. The van der Waals surface area contributed by atoms with E-state index in [1.54, 1.807) is 38.1 Å². The average molecular weight is 433 g/mol. The van der Waals surface area contributed by atoms with Gasteiger partial charge in [-0.2, -0.15) is 0 Å². The van der Waals surface area contributed by atoms with Crippen LogP contribution >= 0.6 is 11.6 Å². The summed E-state index contributed by atoms with van der Waals surface area (Å²) in [7, 11) is 0. The monoisotopic (exact) mass is 432 g/mol. The van der Waals surface area contributed by atoms with Crippen LogP contribution in [0.4, 0.5) is 4.79 Å². The lowest BCUT2D eigenvalue weighted by molar-refractivity contribution is -0.142. The summed E-state index contributed by atoms with van der Waals surface area (Å²) in [5.41, 5.74) is 1.41. The van der Waals surface area contributed by atoms with E-state index in [9.17, 15) is 19.5 Å². The standard InChI is InChI=1S/C22H25ClN2O5/c1-14(2)19(25-22(29)30-13-15-8-4-3-5-9-15)20(26)24-18(21(27)28)12-16-10-6-7-11-17(16)23/h3-11,14,18-19H,12-13H2,1-2H3,(H,24,26)(H,25,29)(H,27,28)/t18-,19+/m0/s1. The van der Waals surface area contributed by atoms with Gasteiger partial charge >= 0.3 is 12.1 Å². The predicted octanol–water partition coefficient (Wildman–Crippen LogP) is 3.40. The molecule has 160 valence electrons. The van der Waals surface area contributed by atoms with Gasteiger partial charge in [-0.1, -0.05) is 74.0 Å². The third-order valence-corrected chi connectivity index (χ3v) is 4.80. The Morgan fingerprint density at radius 2 is 1.63 bits per heavy atom. The highest BCUT2D eigenvalue weighted by Crippen LogP contribution is 2.17. The van der Waals surface area contributed by atoms with E-state index in [-0.39, 0.29) is 18.9 Å². The molecule has 0 aromatic heterocycles. The Bertz CT molecular complexity index is 873. The summed E-state index contributed by atoms with van der Waals surface area (Å²) < 4.78 is 5.16. The molecule has 30 heavy (non-hydrogen) atoms. The van der Waals surface area contributed by atoms with Crippen LogP contribution in [0.5, 0.6) is 0 Å². The maximum Gasteiger partial charge on any atom is 0.408 e. The molecule has 2 amide bonds.